The van der Waals surface area contributed by atoms with E-state index in [4.69, 9.17) is 4.74 Å². The third kappa shape index (κ3) is 4.09. The molecule has 1 N–H and O–H groups in total. The largest absolute Gasteiger partial charge is 0.382 e. The van der Waals surface area contributed by atoms with Gasteiger partial charge in [-0.05, 0) is 19.4 Å². The van der Waals surface area contributed by atoms with Crippen LogP contribution < -0.4 is 5.32 Å². The fraction of sp³-hybridized carbons (Fsp3) is 0.571. The maximum Gasteiger partial charge on any atom is 0.202 e. The number of hydrogen-bond donors (Lipinski definition) is 1. The SMILES string of the molecule is CCOCCCn1ccnc1NCCc1ccnn1C. The molecule has 0 radical (unpaired) electrons. The molecule has 0 aliphatic carbocycles. The summed E-state index contributed by atoms with van der Waals surface area (Å²) in [6, 6.07) is 2.04. The van der Waals surface area contributed by atoms with E-state index in [1.165, 1.54) is 5.69 Å². The lowest BCUT2D eigenvalue weighted by molar-refractivity contribution is 0.142. The molecule has 6 heteroatoms. The van der Waals surface area contributed by atoms with Gasteiger partial charge in [-0.1, -0.05) is 0 Å². The molecule has 0 aliphatic heterocycles. The Morgan fingerprint density at radius 1 is 1.35 bits per heavy atom. The lowest BCUT2D eigenvalue weighted by atomic mass is 10.3. The van der Waals surface area contributed by atoms with Crippen molar-refractivity contribution in [3.05, 3.63) is 30.4 Å². The minimum Gasteiger partial charge on any atom is -0.382 e. The molecule has 0 fully saturated rings. The van der Waals surface area contributed by atoms with Crippen molar-refractivity contribution in [3.8, 4) is 0 Å². The zero-order valence-corrected chi connectivity index (χ0v) is 12.2. The fourth-order valence-electron chi connectivity index (χ4n) is 2.09. The van der Waals surface area contributed by atoms with Gasteiger partial charge in [0.1, 0.15) is 0 Å². The molecule has 0 bridgehead atoms. The molecule has 0 amide bonds. The van der Waals surface area contributed by atoms with Crippen LogP contribution in [0.1, 0.15) is 19.0 Å². The summed E-state index contributed by atoms with van der Waals surface area (Å²) in [5.74, 6) is 0.920. The first-order valence-corrected chi connectivity index (χ1v) is 7.11. The topological polar surface area (TPSA) is 56.9 Å². The van der Waals surface area contributed by atoms with Crippen LogP contribution in [0.15, 0.2) is 24.7 Å². The van der Waals surface area contributed by atoms with Gasteiger partial charge in [-0.3, -0.25) is 4.68 Å². The Labute approximate surface area is 119 Å². The maximum absolute atomic E-state index is 5.35. The highest BCUT2D eigenvalue weighted by atomic mass is 16.5. The van der Waals surface area contributed by atoms with Crippen LogP contribution in [0.25, 0.3) is 0 Å². The highest BCUT2D eigenvalue weighted by Crippen LogP contribution is 2.06. The zero-order chi connectivity index (χ0) is 14.2. The van der Waals surface area contributed by atoms with E-state index >= 15 is 0 Å². The molecule has 0 aliphatic rings. The number of ether oxygens (including phenoxy) is 1. The average molecular weight is 277 g/mol. The van der Waals surface area contributed by atoms with E-state index in [-0.39, 0.29) is 0 Å². The van der Waals surface area contributed by atoms with Crippen molar-refractivity contribution in [3.63, 3.8) is 0 Å². The van der Waals surface area contributed by atoms with Gasteiger partial charge in [0.15, 0.2) is 0 Å². The first-order chi connectivity index (χ1) is 9.81. The quantitative estimate of drug-likeness (QED) is 0.709. The summed E-state index contributed by atoms with van der Waals surface area (Å²) >= 11 is 0. The fourth-order valence-corrected chi connectivity index (χ4v) is 2.09. The first kappa shape index (κ1) is 14.6. The lowest BCUT2D eigenvalue weighted by Crippen LogP contribution is -2.13. The van der Waals surface area contributed by atoms with E-state index < -0.39 is 0 Å². The summed E-state index contributed by atoms with van der Waals surface area (Å²) in [6.45, 7) is 5.36. The van der Waals surface area contributed by atoms with Gasteiger partial charge in [0.05, 0.1) is 0 Å². The van der Waals surface area contributed by atoms with Gasteiger partial charge >= 0.3 is 0 Å². The van der Waals surface area contributed by atoms with Crippen molar-refractivity contribution in [1.82, 2.24) is 19.3 Å². The second-order valence-electron chi connectivity index (χ2n) is 4.62. The van der Waals surface area contributed by atoms with Crippen LogP contribution in [0.4, 0.5) is 5.95 Å². The molecule has 6 nitrogen and oxygen atoms in total. The molecule has 0 atom stereocenters. The molecule has 0 unspecified atom stereocenters. The molecule has 2 heterocycles. The number of anilines is 1. The van der Waals surface area contributed by atoms with Crippen molar-refractivity contribution < 1.29 is 4.74 Å². The van der Waals surface area contributed by atoms with Crippen molar-refractivity contribution in [2.75, 3.05) is 25.1 Å². The Morgan fingerprint density at radius 3 is 3.00 bits per heavy atom. The highest BCUT2D eigenvalue weighted by molar-refractivity contribution is 5.26. The van der Waals surface area contributed by atoms with Gasteiger partial charge in [-0.2, -0.15) is 5.10 Å². The predicted octanol–water partition coefficient (Wildman–Crippen LogP) is 1.70. The number of nitrogens with zero attached hydrogens (tertiary/aromatic N) is 4. The molecule has 2 rings (SSSR count). The molecular formula is C14H23N5O. The second kappa shape index (κ2) is 7.69. The Morgan fingerprint density at radius 2 is 2.25 bits per heavy atom. The summed E-state index contributed by atoms with van der Waals surface area (Å²) < 4.78 is 9.38. The van der Waals surface area contributed by atoms with E-state index in [0.717, 1.165) is 45.1 Å². The van der Waals surface area contributed by atoms with Crippen LogP contribution in [-0.2, 0) is 24.8 Å². The summed E-state index contributed by atoms with van der Waals surface area (Å²) in [6.07, 6.45) is 7.58. The number of aryl methyl sites for hydroxylation is 2. The molecule has 0 saturated heterocycles. The van der Waals surface area contributed by atoms with Gasteiger partial charge in [-0.25, -0.2) is 4.98 Å². The first-order valence-electron chi connectivity index (χ1n) is 7.11. The number of nitrogens with one attached hydrogen (secondary N) is 1. The number of aromatic nitrogens is 4. The van der Waals surface area contributed by atoms with E-state index in [0.29, 0.717) is 0 Å². The van der Waals surface area contributed by atoms with Crippen LogP contribution in [0.5, 0.6) is 0 Å². The Kier molecular flexibility index (Phi) is 5.61. The molecule has 20 heavy (non-hydrogen) atoms. The van der Waals surface area contributed by atoms with Gasteiger partial charge < -0.3 is 14.6 Å². The molecule has 0 saturated carbocycles. The summed E-state index contributed by atoms with van der Waals surface area (Å²) in [7, 11) is 1.96. The van der Waals surface area contributed by atoms with Gasteiger partial charge in [-0.15, -0.1) is 0 Å². The minimum absolute atomic E-state index is 0.778. The zero-order valence-electron chi connectivity index (χ0n) is 12.2. The number of imidazole rings is 1. The molecule has 0 spiro atoms. The van der Waals surface area contributed by atoms with Gasteiger partial charge in [0.2, 0.25) is 5.95 Å². The maximum atomic E-state index is 5.35. The van der Waals surface area contributed by atoms with E-state index in [1.807, 2.05) is 43.3 Å². The number of hydrogen-bond acceptors (Lipinski definition) is 4. The normalized spacial score (nSPS) is 10.9. The van der Waals surface area contributed by atoms with Crippen molar-refractivity contribution in [2.45, 2.75) is 26.3 Å². The van der Waals surface area contributed by atoms with Crippen LogP contribution in [0.2, 0.25) is 0 Å². The Bertz CT molecular complexity index is 505. The summed E-state index contributed by atoms with van der Waals surface area (Å²) in [5, 5.41) is 7.53. The summed E-state index contributed by atoms with van der Waals surface area (Å²) in [5.41, 5.74) is 1.21. The monoisotopic (exact) mass is 277 g/mol. The summed E-state index contributed by atoms with van der Waals surface area (Å²) in [4.78, 5) is 4.34. The third-order valence-corrected chi connectivity index (χ3v) is 3.19. The molecule has 2 aromatic rings. The Balaban J connectivity index is 1.75. The number of rotatable bonds is 9. The third-order valence-electron chi connectivity index (χ3n) is 3.19. The van der Waals surface area contributed by atoms with Crippen LogP contribution in [0, 0.1) is 0 Å². The van der Waals surface area contributed by atoms with E-state index in [1.54, 1.807) is 0 Å². The van der Waals surface area contributed by atoms with E-state index in [9.17, 15) is 0 Å². The Hall–Kier alpha value is -1.82. The van der Waals surface area contributed by atoms with Crippen LogP contribution >= 0.6 is 0 Å². The smallest absolute Gasteiger partial charge is 0.202 e. The highest BCUT2D eigenvalue weighted by Gasteiger charge is 2.03. The molecule has 0 aromatic carbocycles. The molecular weight excluding hydrogens is 254 g/mol. The molecule has 110 valence electrons. The van der Waals surface area contributed by atoms with Gasteiger partial charge in [0, 0.05) is 64.1 Å². The lowest BCUT2D eigenvalue weighted by Gasteiger charge is -2.10. The second-order valence-corrected chi connectivity index (χ2v) is 4.62. The van der Waals surface area contributed by atoms with Gasteiger partial charge in [0.25, 0.3) is 0 Å². The standard InChI is InChI=1S/C14H23N5O/c1-3-20-12-4-10-19-11-9-16-14(19)15-7-5-13-6-8-17-18(13)2/h6,8-9,11H,3-5,7,10,12H2,1-2H3,(H,15,16). The average Bonchev–Trinajstić information content (AvgIpc) is 3.05. The molecule has 2 aromatic heterocycles. The van der Waals surface area contributed by atoms with Crippen molar-refractivity contribution in [1.29, 1.82) is 0 Å². The van der Waals surface area contributed by atoms with E-state index in [2.05, 4.69) is 20.0 Å². The minimum atomic E-state index is 0.778. The van der Waals surface area contributed by atoms with Crippen molar-refractivity contribution >= 4 is 5.95 Å². The van der Waals surface area contributed by atoms with Crippen molar-refractivity contribution in [2.24, 2.45) is 7.05 Å². The van der Waals surface area contributed by atoms with Crippen LogP contribution in [-0.4, -0.2) is 39.1 Å². The van der Waals surface area contributed by atoms with Crippen LogP contribution in [0.3, 0.4) is 0 Å². The predicted molar refractivity (Wildman–Crippen MR) is 78.7 cm³/mol.